The average Bonchev–Trinajstić information content (AvgIpc) is 3.48. The smallest absolute Gasteiger partial charge is 0.337 e. The first kappa shape index (κ1) is 20.2. The van der Waals surface area contributed by atoms with Crippen LogP contribution in [0.5, 0.6) is 0 Å². The second-order valence-corrected chi connectivity index (χ2v) is 7.66. The number of carbonyl (C=O) groups excluding carboxylic acids is 1. The number of likely N-dealkylation sites (tertiary alicyclic amines) is 1. The van der Waals surface area contributed by atoms with Crippen LogP contribution in [0, 0.1) is 0 Å². The monoisotopic (exact) mass is 441 g/mol. The molecule has 164 valence electrons. The van der Waals surface area contributed by atoms with Crippen LogP contribution in [-0.2, 0) is 6.18 Å². The van der Waals surface area contributed by atoms with Crippen molar-refractivity contribution >= 4 is 11.7 Å². The summed E-state index contributed by atoms with van der Waals surface area (Å²) in [7, 11) is 0. The molecule has 1 amide bonds. The van der Waals surface area contributed by atoms with E-state index in [2.05, 4.69) is 25.3 Å². The van der Waals surface area contributed by atoms with Gasteiger partial charge in [0.1, 0.15) is 12.0 Å². The quantitative estimate of drug-likeness (QED) is 0.525. The molecule has 0 aliphatic carbocycles. The van der Waals surface area contributed by atoms with Gasteiger partial charge in [-0.3, -0.25) is 9.89 Å². The van der Waals surface area contributed by atoms with Crippen molar-refractivity contribution in [2.24, 2.45) is 0 Å². The molecule has 1 N–H and O–H groups in total. The van der Waals surface area contributed by atoms with Gasteiger partial charge in [-0.1, -0.05) is 30.3 Å². The fourth-order valence-electron chi connectivity index (χ4n) is 4.00. The van der Waals surface area contributed by atoms with Crippen LogP contribution >= 0.6 is 0 Å². The largest absolute Gasteiger partial charge is 0.433 e. The van der Waals surface area contributed by atoms with E-state index in [1.807, 2.05) is 30.3 Å². The van der Waals surface area contributed by atoms with Gasteiger partial charge in [-0.25, -0.2) is 4.98 Å². The number of H-pyrrole nitrogens is 1. The molecule has 32 heavy (non-hydrogen) atoms. The van der Waals surface area contributed by atoms with E-state index in [1.54, 1.807) is 11.0 Å². The second-order valence-electron chi connectivity index (χ2n) is 7.66. The molecule has 11 heteroatoms. The third-order valence-corrected chi connectivity index (χ3v) is 5.57. The highest BCUT2D eigenvalue weighted by Gasteiger charge is 2.37. The first-order valence-electron chi connectivity index (χ1n) is 10.1. The van der Waals surface area contributed by atoms with Gasteiger partial charge in [0.15, 0.2) is 5.69 Å². The lowest BCUT2D eigenvalue weighted by Gasteiger charge is -2.32. The Balaban J connectivity index is 1.39. The number of nitrogens with zero attached hydrogens (tertiary/aromatic N) is 6. The summed E-state index contributed by atoms with van der Waals surface area (Å²) in [5.41, 5.74) is 1.19. The topological polar surface area (TPSA) is 92.1 Å². The Kier molecular flexibility index (Phi) is 4.87. The zero-order valence-corrected chi connectivity index (χ0v) is 16.8. The lowest BCUT2D eigenvalue weighted by atomic mass is 9.94. The fraction of sp³-hybridized carbons (Fsp3) is 0.286. The predicted octanol–water partition coefficient (Wildman–Crippen LogP) is 3.55. The van der Waals surface area contributed by atoms with Crippen LogP contribution in [0.1, 0.15) is 40.6 Å². The maximum atomic E-state index is 13.5. The molecule has 4 aromatic rings. The summed E-state index contributed by atoms with van der Waals surface area (Å²) < 4.78 is 41.2. The highest BCUT2D eigenvalue weighted by Crippen LogP contribution is 2.33. The van der Waals surface area contributed by atoms with Crippen molar-refractivity contribution < 1.29 is 18.0 Å². The van der Waals surface area contributed by atoms with Crippen LogP contribution in [0.15, 0.2) is 48.8 Å². The molecule has 1 aromatic carbocycles. The van der Waals surface area contributed by atoms with E-state index in [-0.39, 0.29) is 29.8 Å². The van der Waals surface area contributed by atoms with Gasteiger partial charge in [0.05, 0.1) is 11.4 Å². The number of benzene rings is 1. The van der Waals surface area contributed by atoms with Crippen molar-refractivity contribution in [2.75, 3.05) is 13.1 Å². The Bertz CT molecular complexity index is 1270. The van der Waals surface area contributed by atoms with Crippen LogP contribution in [0.2, 0.25) is 0 Å². The summed E-state index contributed by atoms with van der Waals surface area (Å²) in [6.45, 7) is 0.765. The molecule has 3 aromatic heterocycles. The second kappa shape index (κ2) is 7.74. The molecule has 0 bridgehead atoms. The summed E-state index contributed by atoms with van der Waals surface area (Å²) in [5.74, 6) is -0.699. The molecule has 5 rings (SSSR count). The highest BCUT2D eigenvalue weighted by atomic mass is 19.4. The number of carbonyl (C=O) groups is 1. The minimum Gasteiger partial charge on any atom is -0.337 e. The van der Waals surface area contributed by atoms with Crippen LogP contribution in [0.3, 0.4) is 0 Å². The Morgan fingerprint density at radius 1 is 1.16 bits per heavy atom. The highest BCUT2D eigenvalue weighted by molar-refractivity contribution is 5.93. The number of fused-ring (bicyclic) bond motifs is 1. The third kappa shape index (κ3) is 3.70. The fourth-order valence-corrected chi connectivity index (χ4v) is 4.00. The van der Waals surface area contributed by atoms with Gasteiger partial charge in [0.2, 0.25) is 0 Å². The van der Waals surface area contributed by atoms with Crippen molar-refractivity contribution in [1.82, 2.24) is 34.7 Å². The van der Waals surface area contributed by atoms with Crippen LogP contribution in [0.4, 0.5) is 13.2 Å². The number of aromatic nitrogens is 6. The Labute approximate surface area is 180 Å². The lowest BCUT2D eigenvalue weighted by molar-refractivity contribution is -0.142. The van der Waals surface area contributed by atoms with Gasteiger partial charge in [-0.2, -0.15) is 32.9 Å². The first-order valence-corrected chi connectivity index (χ1v) is 10.1. The van der Waals surface area contributed by atoms with E-state index in [0.29, 0.717) is 35.3 Å². The number of halogens is 3. The summed E-state index contributed by atoms with van der Waals surface area (Å²) >= 11 is 0. The molecule has 1 fully saturated rings. The Morgan fingerprint density at radius 2 is 1.97 bits per heavy atom. The van der Waals surface area contributed by atoms with Crippen LogP contribution in [-0.4, -0.2) is 53.7 Å². The van der Waals surface area contributed by atoms with E-state index in [0.717, 1.165) is 18.0 Å². The molecule has 1 saturated heterocycles. The molecule has 8 nitrogen and oxygen atoms in total. The number of piperidine rings is 1. The minimum absolute atomic E-state index is 0.112. The zero-order chi connectivity index (χ0) is 22.3. The molecule has 0 saturated carbocycles. The molecule has 1 aliphatic rings. The van der Waals surface area contributed by atoms with Crippen LogP contribution in [0.25, 0.3) is 17.0 Å². The average molecular weight is 441 g/mol. The molecular formula is C21H18F3N7O. The molecule has 1 aliphatic heterocycles. The number of hydrogen-bond donors (Lipinski definition) is 1. The van der Waals surface area contributed by atoms with E-state index >= 15 is 0 Å². The zero-order valence-electron chi connectivity index (χ0n) is 16.8. The summed E-state index contributed by atoms with van der Waals surface area (Å²) in [4.78, 5) is 22.8. The standard InChI is InChI=1S/C21H18F3N7O/c22-21(23,24)18-10-15(27-20-25-12-26-31(18)20)14-7-4-8-30(11-14)19(32)17-9-16(28-29-17)13-5-2-1-3-6-13/h1-3,5-6,9-10,12,14H,4,7-8,11H2,(H,28,29)/t14-/m1/s1. The van der Waals surface area contributed by atoms with Crippen molar-refractivity contribution in [3.8, 4) is 11.3 Å². The minimum atomic E-state index is -4.60. The molecular weight excluding hydrogens is 423 g/mol. The SMILES string of the molecule is O=C(c1cc(-c2ccccc2)n[nH]1)N1CCC[C@@H](c2cc(C(F)(F)F)n3ncnc3n2)C1. The maximum absolute atomic E-state index is 13.5. The van der Waals surface area contributed by atoms with Crippen molar-refractivity contribution in [1.29, 1.82) is 0 Å². The number of nitrogens with one attached hydrogen (secondary N) is 1. The van der Waals surface area contributed by atoms with Crippen molar-refractivity contribution in [3.05, 3.63) is 65.9 Å². The van der Waals surface area contributed by atoms with Gasteiger partial charge in [0.25, 0.3) is 11.7 Å². The summed E-state index contributed by atoms with van der Waals surface area (Å²) in [6.07, 6.45) is -2.29. The Hall–Kier alpha value is -3.76. The number of rotatable bonds is 3. The third-order valence-electron chi connectivity index (χ3n) is 5.57. The van der Waals surface area contributed by atoms with Crippen molar-refractivity contribution in [2.45, 2.75) is 24.9 Å². The molecule has 0 radical (unpaired) electrons. The van der Waals surface area contributed by atoms with E-state index in [9.17, 15) is 18.0 Å². The first-order chi connectivity index (χ1) is 15.4. The molecule has 0 spiro atoms. The van der Waals surface area contributed by atoms with Gasteiger partial charge in [-0.15, -0.1) is 0 Å². The number of hydrogen-bond acceptors (Lipinski definition) is 5. The van der Waals surface area contributed by atoms with Gasteiger partial charge >= 0.3 is 6.18 Å². The van der Waals surface area contributed by atoms with E-state index < -0.39 is 11.9 Å². The number of alkyl halides is 3. The normalized spacial score (nSPS) is 17.1. The van der Waals surface area contributed by atoms with E-state index in [1.165, 1.54) is 0 Å². The van der Waals surface area contributed by atoms with Gasteiger partial charge < -0.3 is 4.90 Å². The van der Waals surface area contributed by atoms with Gasteiger partial charge in [-0.05, 0) is 25.0 Å². The molecule has 0 unspecified atom stereocenters. The van der Waals surface area contributed by atoms with E-state index in [4.69, 9.17) is 0 Å². The summed E-state index contributed by atoms with van der Waals surface area (Å²) in [5, 5.41) is 10.6. The lowest BCUT2D eigenvalue weighted by Crippen LogP contribution is -2.39. The van der Waals surface area contributed by atoms with Crippen molar-refractivity contribution in [3.63, 3.8) is 0 Å². The molecule has 4 heterocycles. The van der Waals surface area contributed by atoms with Gasteiger partial charge in [0, 0.05) is 24.6 Å². The number of amides is 1. The summed E-state index contributed by atoms with van der Waals surface area (Å²) in [6, 6.07) is 12.1. The molecule has 1 atom stereocenters. The van der Waals surface area contributed by atoms with Crippen LogP contribution < -0.4 is 0 Å². The maximum Gasteiger partial charge on any atom is 0.433 e. The Morgan fingerprint density at radius 3 is 2.75 bits per heavy atom. The predicted molar refractivity (Wildman–Crippen MR) is 108 cm³/mol. The number of aromatic amines is 1.